The molecular weight excluding hydrogens is 304 g/mol. The minimum absolute atomic E-state index is 0.0763. The van der Waals surface area contributed by atoms with E-state index in [1.807, 2.05) is 36.1 Å². The number of ether oxygens (including phenoxy) is 2. The van der Waals surface area contributed by atoms with Crippen LogP contribution in [-0.2, 0) is 24.8 Å². The molecule has 0 unspecified atom stereocenters. The first-order valence-corrected chi connectivity index (χ1v) is 7.97. The summed E-state index contributed by atoms with van der Waals surface area (Å²) in [7, 11) is 1.88. The Morgan fingerprint density at radius 3 is 2.95 bits per heavy atom. The Labute approximate surface area is 132 Å². The van der Waals surface area contributed by atoms with Crippen molar-refractivity contribution in [2.75, 3.05) is 13.0 Å². The minimum Gasteiger partial charge on any atom is -0.454 e. The molecule has 0 saturated heterocycles. The number of carbonyl (C=O) groups is 1. The highest BCUT2D eigenvalue weighted by molar-refractivity contribution is 7.98. The van der Waals surface area contributed by atoms with Crippen LogP contribution in [0.15, 0.2) is 23.4 Å². The summed E-state index contributed by atoms with van der Waals surface area (Å²) < 4.78 is 12.4. The molecule has 0 spiro atoms. The van der Waals surface area contributed by atoms with Gasteiger partial charge in [0.2, 0.25) is 12.7 Å². The molecule has 1 aromatic heterocycles. The summed E-state index contributed by atoms with van der Waals surface area (Å²) in [6, 6.07) is 5.51. The van der Waals surface area contributed by atoms with Crippen LogP contribution in [0.2, 0.25) is 0 Å². The number of carbonyl (C=O) groups excluding carboxylic acids is 1. The van der Waals surface area contributed by atoms with Gasteiger partial charge >= 0.3 is 0 Å². The first-order valence-electron chi connectivity index (χ1n) is 6.75. The number of hydrogen-bond donors (Lipinski definition) is 1. The topological polar surface area (TPSA) is 78.3 Å². The number of amides is 1. The van der Waals surface area contributed by atoms with Crippen LogP contribution in [0.3, 0.4) is 0 Å². The van der Waals surface area contributed by atoms with Crippen molar-refractivity contribution < 1.29 is 14.3 Å². The molecule has 8 heteroatoms. The number of benzene rings is 1. The van der Waals surface area contributed by atoms with E-state index in [1.165, 1.54) is 11.8 Å². The Hall–Kier alpha value is -2.22. The van der Waals surface area contributed by atoms with Crippen molar-refractivity contribution in [2.45, 2.75) is 18.1 Å². The zero-order valence-corrected chi connectivity index (χ0v) is 13.1. The average molecular weight is 320 g/mol. The maximum Gasteiger partial charge on any atom is 0.231 e. The fourth-order valence-corrected chi connectivity index (χ4v) is 2.65. The minimum atomic E-state index is -0.0763. The average Bonchev–Trinajstić information content (AvgIpc) is 3.11. The number of fused-ring (bicyclic) bond motifs is 1. The van der Waals surface area contributed by atoms with E-state index in [-0.39, 0.29) is 19.1 Å². The van der Waals surface area contributed by atoms with E-state index in [2.05, 4.69) is 15.5 Å². The van der Waals surface area contributed by atoms with E-state index in [4.69, 9.17) is 9.47 Å². The fraction of sp³-hybridized carbons (Fsp3) is 0.357. The summed E-state index contributed by atoms with van der Waals surface area (Å²) in [5.41, 5.74) is 0.879. The summed E-state index contributed by atoms with van der Waals surface area (Å²) in [5.74, 6) is 2.05. The van der Waals surface area contributed by atoms with Gasteiger partial charge in [0.1, 0.15) is 0 Å². The highest BCUT2D eigenvalue weighted by Crippen LogP contribution is 2.32. The van der Waals surface area contributed by atoms with Gasteiger partial charge in [-0.05, 0) is 24.0 Å². The molecule has 3 rings (SSSR count). The number of hydrogen-bond acceptors (Lipinski definition) is 6. The van der Waals surface area contributed by atoms with Crippen molar-refractivity contribution >= 4 is 17.7 Å². The van der Waals surface area contributed by atoms with Crippen molar-refractivity contribution in [3.8, 4) is 11.5 Å². The van der Waals surface area contributed by atoms with E-state index in [1.54, 1.807) is 0 Å². The molecule has 2 aromatic rings. The van der Waals surface area contributed by atoms with Gasteiger partial charge in [0.25, 0.3) is 0 Å². The van der Waals surface area contributed by atoms with Gasteiger partial charge in [0.15, 0.2) is 22.5 Å². The Kier molecular flexibility index (Phi) is 4.19. The van der Waals surface area contributed by atoms with Gasteiger partial charge < -0.3 is 19.4 Å². The van der Waals surface area contributed by atoms with Gasteiger partial charge in [-0.25, -0.2) is 0 Å². The molecule has 116 valence electrons. The Morgan fingerprint density at radius 1 is 1.36 bits per heavy atom. The third kappa shape index (κ3) is 3.01. The summed E-state index contributed by atoms with van der Waals surface area (Å²) >= 11 is 1.52. The second-order valence-electron chi connectivity index (χ2n) is 4.80. The standard InChI is InChI=1S/C14H16N4O3S/c1-18-12(16-17-14(18)22-2)7-15-13(19)6-9-3-4-10-11(5-9)21-8-20-10/h3-5H,6-8H2,1-2H3,(H,15,19). The van der Waals surface area contributed by atoms with Crippen LogP contribution in [0, 0.1) is 0 Å². The van der Waals surface area contributed by atoms with Crippen LogP contribution in [-0.4, -0.2) is 33.7 Å². The first kappa shape index (κ1) is 14.7. The molecule has 0 atom stereocenters. The molecule has 22 heavy (non-hydrogen) atoms. The maximum absolute atomic E-state index is 12.0. The molecule has 1 N–H and O–H groups in total. The smallest absolute Gasteiger partial charge is 0.231 e. The van der Waals surface area contributed by atoms with Crippen LogP contribution in [0.4, 0.5) is 0 Å². The van der Waals surface area contributed by atoms with Crippen LogP contribution >= 0.6 is 11.8 Å². The van der Waals surface area contributed by atoms with Crippen molar-refractivity contribution in [1.82, 2.24) is 20.1 Å². The lowest BCUT2D eigenvalue weighted by atomic mass is 10.1. The zero-order valence-electron chi connectivity index (χ0n) is 12.3. The maximum atomic E-state index is 12.0. The number of nitrogens with one attached hydrogen (secondary N) is 1. The Bertz CT molecular complexity index is 701. The van der Waals surface area contributed by atoms with Gasteiger partial charge in [0.05, 0.1) is 13.0 Å². The van der Waals surface area contributed by atoms with E-state index in [9.17, 15) is 4.79 Å². The van der Waals surface area contributed by atoms with Gasteiger partial charge in [-0.2, -0.15) is 0 Å². The van der Waals surface area contributed by atoms with Crippen molar-refractivity contribution in [1.29, 1.82) is 0 Å². The molecule has 1 aliphatic heterocycles. The van der Waals surface area contributed by atoms with Crippen LogP contribution in [0.1, 0.15) is 11.4 Å². The number of aromatic nitrogens is 3. The molecule has 2 heterocycles. The largest absolute Gasteiger partial charge is 0.454 e. The SMILES string of the molecule is CSc1nnc(CNC(=O)Cc2ccc3c(c2)OCO3)n1C. The second-order valence-corrected chi connectivity index (χ2v) is 5.58. The van der Waals surface area contributed by atoms with E-state index in [0.29, 0.717) is 18.0 Å². The van der Waals surface area contributed by atoms with E-state index < -0.39 is 0 Å². The zero-order chi connectivity index (χ0) is 15.5. The van der Waals surface area contributed by atoms with Gasteiger partial charge in [-0.15, -0.1) is 10.2 Å². The van der Waals surface area contributed by atoms with Crippen LogP contribution < -0.4 is 14.8 Å². The predicted octanol–water partition coefficient (Wildman–Crippen LogP) is 1.12. The monoisotopic (exact) mass is 320 g/mol. The Morgan fingerprint density at radius 2 is 2.18 bits per heavy atom. The third-order valence-corrected chi connectivity index (χ3v) is 4.07. The summed E-state index contributed by atoms with van der Waals surface area (Å²) in [5, 5.41) is 11.8. The summed E-state index contributed by atoms with van der Waals surface area (Å²) in [6.45, 7) is 0.586. The number of nitrogens with zero attached hydrogens (tertiary/aromatic N) is 3. The molecule has 1 amide bonds. The fourth-order valence-electron chi connectivity index (χ4n) is 2.15. The lowest BCUT2D eigenvalue weighted by molar-refractivity contribution is -0.120. The van der Waals surface area contributed by atoms with Crippen molar-refractivity contribution in [2.24, 2.45) is 7.05 Å². The normalized spacial score (nSPS) is 12.5. The molecule has 0 aliphatic carbocycles. The molecule has 0 saturated carbocycles. The van der Waals surface area contributed by atoms with Gasteiger partial charge in [-0.3, -0.25) is 4.79 Å². The van der Waals surface area contributed by atoms with Gasteiger partial charge in [-0.1, -0.05) is 17.8 Å². The third-order valence-electron chi connectivity index (χ3n) is 3.35. The Balaban J connectivity index is 1.57. The van der Waals surface area contributed by atoms with E-state index >= 15 is 0 Å². The highest BCUT2D eigenvalue weighted by atomic mass is 32.2. The van der Waals surface area contributed by atoms with Crippen LogP contribution in [0.5, 0.6) is 11.5 Å². The molecule has 1 aliphatic rings. The molecule has 7 nitrogen and oxygen atoms in total. The molecular formula is C14H16N4O3S. The number of rotatable bonds is 5. The molecule has 0 fully saturated rings. The van der Waals surface area contributed by atoms with E-state index in [0.717, 1.165) is 16.5 Å². The molecule has 1 aromatic carbocycles. The predicted molar refractivity (Wildman–Crippen MR) is 80.9 cm³/mol. The van der Waals surface area contributed by atoms with Gasteiger partial charge in [0, 0.05) is 7.05 Å². The van der Waals surface area contributed by atoms with Crippen molar-refractivity contribution in [3.05, 3.63) is 29.6 Å². The summed E-state index contributed by atoms with van der Waals surface area (Å²) in [4.78, 5) is 12.0. The quantitative estimate of drug-likeness (QED) is 0.832. The molecule has 0 bridgehead atoms. The first-order chi connectivity index (χ1) is 10.7. The molecule has 0 radical (unpaired) electrons. The lowest BCUT2D eigenvalue weighted by Gasteiger charge is -2.06. The lowest BCUT2D eigenvalue weighted by Crippen LogP contribution is -2.26. The van der Waals surface area contributed by atoms with Crippen molar-refractivity contribution in [3.63, 3.8) is 0 Å². The second kappa shape index (κ2) is 6.27. The number of thioether (sulfide) groups is 1. The highest BCUT2D eigenvalue weighted by Gasteiger charge is 2.15. The summed E-state index contributed by atoms with van der Waals surface area (Å²) in [6.07, 6.45) is 2.22. The van der Waals surface area contributed by atoms with Crippen LogP contribution in [0.25, 0.3) is 0 Å².